The Bertz CT molecular complexity index is 689. The third-order valence-corrected chi connectivity index (χ3v) is 2.99. The van der Waals surface area contributed by atoms with Crippen molar-refractivity contribution in [2.75, 3.05) is 19.0 Å². The highest BCUT2D eigenvalue weighted by Gasteiger charge is 2.02. The molecule has 6 heteroatoms. The molecule has 0 radical (unpaired) electrons. The fourth-order valence-electron chi connectivity index (χ4n) is 1.74. The number of benzene rings is 2. The number of hydrogen-bond donors (Lipinski definition) is 0. The van der Waals surface area contributed by atoms with Gasteiger partial charge in [-0.1, -0.05) is 12.1 Å². The predicted octanol–water partition coefficient (Wildman–Crippen LogP) is 3.11. The maximum atomic E-state index is 10.5. The second kappa shape index (κ2) is 7.12. The van der Waals surface area contributed by atoms with Crippen LogP contribution in [-0.2, 0) is 0 Å². The van der Waals surface area contributed by atoms with E-state index in [9.17, 15) is 10.1 Å². The number of non-ortho nitro benzene ring substituents is 1. The lowest BCUT2D eigenvalue weighted by molar-refractivity contribution is -0.384. The zero-order valence-electron chi connectivity index (χ0n) is 12.4. The van der Waals surface area contributed by atoms with Gasteiger partial charge in [0.1, 0.15) is 0 Å². The molecule has 0 amide bonds. The smallest absolute Gasteiger partial charge is 0.269 e. The van der Waals surface area contributed by atoms with Crippen molar-refractivity contribution in [1.29, 1.82) is 0 Å². The summed E-state index contributed by atoms with van der Waals surface area (Å²) in [5, 5.41) is 18.4. The number of nitrogens with zero attached hydrogens (tertiary/aromatic N) is 4. The van der Waals surface area contributed by atoms with Gasteiger partial charge in [-0.3, -0.25) is 10.1 Å². The highest BCUT2D eigenvalue weighted by molar-refractivity contribution is 5.83. The minimum atomic E-state index is -0.434. The number of anilines is 1. The van der Waals surface area contributed by atoms with Gasteiger partial charge in [0, 0.05) is 31.9 Å². The molecule has 0 unspecified atom stereocenters. The lowest BCUT2D eigenvalue weighted by Gasteiger charge is -2.11. The van der Waals surface area contributed by atoms with E-state index < -0.39 is 4.92 Å². The fraction of sp³-hybridized carbons (Fsp3) is 0.125. The first-order chi connectivity index (χ1) is 10.6. The lowest BCUT2D eigenvalue weighted by atomic mass is 10.2. The molecule has 0 atom stereocenters. The van der Waals surface area contributed by atoms with Gasteiger partial charge in [-0.15, -0.1) is 0 Å². The SMILES string of the molecule is CN(C)c1ccc(C=NN=Cc2ccc([N+](=O)[O-])cc2)cc1. The second-order valence-electron chi connectivity index (χ2n) is 4.82. The zero-order valence-corrected chi connectivity index (χ0v) is 12.4. The highest BCUT2D eigenvalue weighted by Crippen LogP contribution is 2.11. The number of rotatable bonds is 5. The highest BCUT2D eigenvalue weighted by atomic mass is 16.6. The first-order valence-electron chi connectivity index (χ1n) is 6.64. The monoisotopic (exact) mass is 296 g/mol. The molecule has 0 bridgehead atoms. The second-order valence-corrected chi connectivity index (χ2v) is 4.82. The van der Waals surface area contributed by atoms with Crippen LogP contribution >= 0.6 is 0 Å². The van der Waals surface area contributed by atoms with Gasteiger partial charge >= 0.3 is 0 Å². The number of nitro benzene ring substituents is 1. The van der Waals surface area contributed by atoms with E-state index >= 15 is 0 Å². The van der Waals surface area contributed by atoms with Crippen LogP contribution in [0.1, 0.15) is 11.1 Å². The quantitative estimate of drug-likeness (QED) is 0.483. The van der Waals surface area contributed by atoms with Crippen LogP contribution in [0.25, 0.3) is 0 Å². The summed E-state index contributed by atoms with van der Waals surface area (Å²) < 4.78 is 0. The van der Waals surface area contributed by atoms with Gasteiger partial charge in [0.25, 0.3) is 5.69 Å². The van der Waals surface area contributed by atoms with Gasteiger partial charge < -0.3 is 4.90 Å². The molecule has 2 aromatic rings. The van der Waals surface area contributed by atoms with E-state index in [1.807, 2.05) is 43.3 Å². The van der Waals surface area contributed by atoms with Crippen LogP contribution < -0.4 is 4.90 Å². The van der Waals surface area contributed by atoms with Crippen LogP contribution in [0.4, 0.5) is 11.4 Å². The van der Waals surface area contributed by atoms with E-state index in [0.717, 1.165) is 16.8 Å². The Morgan fingerprint density at radius 3 is 1.77 bits per heavy atom. The molecular formula is C16H16N4O2. The molecule has 0 saturated heterocycles. The molecule has 112 valence electrons. The molecular weight excluding hydrogens is 280 g/mol. The van der Waals surface area contributed by atoms with E-state index in [4.69, 9.17) is 0 Å². The summed E-state index contributed by atoms with van der Waals surface area (Å²) in [5.74, 6) is 0. The summed E-state index contributed by atoms with van der Waals surface area (Å²) in [7, 11) is 3.97. The van der Waals surface area contributed by atoms with E-state index in [-0.39, 0.29) is 5.69 Å². The van der Waals surface area contributed by atoms with Gasteiger partial charge in [0.05, 0.1) is 17.4 Å². The van der Waals surface area contributed by atoms with Crippen LogP contribution in [-0.4, -0.2) is 31.4 Å². The largest absolute Gasteiger partial charge is 0.378 e. The van der Waals surface area contributed by atoms with Crippen molar-refractivity contribution in [1.82, 2.24) is 0 Å². The lowest BCUT2D eigenvalue weighted by Crippen LogP contribution is -2.08. The zero-order chi connectivity index (χ0) is 15.9. The fourth-order valence-corrected chi connectivity index (χ4v) is 1.74. The van der Waals surface area contributed by atoms with Crippen LogP contribution in [0.5, 0.6) is 0 Å². The summed E-state index contributed by atoms with van der Waals surface area (Å²) in [6.07, 6.45) is 3.20. The Hall–Kier alpha value is -3.02. The first kappa shape index (κ1) is 15.4. The van der Waals surface area contributed by atoms with Crippen LogP contribution in [0.2, 0.25) is 0 Å². The molecule has 2 rings (SSSR count). The van der Waals surface area contributed by atoms with E-state index in [1.54, 1.807) is 24.6 Å². The topological polar surface area (TPSA) is 71.1 Å². The summed E-state index contributed by atoms with van der Waals surface area (Å²) >= 11 is 0. The minimum Gasteiger partial charge on any atom is -0.378 e. The molecule has 0 fully saturated rings. The molecule has 22 heavy (non-hydrogen) atoms. The van der Waals surface area contributed by atoms with Crippen molar-refractivity contribution >= 4 is 23.8 Å². The standard InChI is InChI=1S/C16H16N4O2/c1-19(2)15-7-3-13(4-8-15)11-17-18-12-14-5-9-16(10-6-14)20(21)22/h3-12H,1-2H3. The molecule has 0 aliphatic carbocycles. The van der Waals surface area contributed by atoms with Gasteiger partial charge in [0.2, 0.25) is 0 Å². The van der Waals surface area contributed by atoms with Crippen molar-refractivity contribution in [3.8, 4) is 0 Å². The van der Waals surface area contributed by atoms with Gasteiger partial charge in [0.15, 0.2) is 0 Å². The van der Waals surface area contributed by atoms with Crippen molar-refractivity contribution in [3.05, 3.63) is 69.8 Å². The van der Waals surface area contributed by atoms with Crippen molar-refractivity contribution in [2.45, 2.75) is 0 Å². The Kier molecular flexibility index (Phi) is 4.98. The summed E-state index contributed by atoms with van der Waals surface area (Å²) in [6.45, 7) is 0. The number of nitro groups is 1. The molecule has 2 aromatic carbocycles. The van der Waals surface area contributed by atoms with Crippen LogP contribution in [0.15, 0.2) is 58.7 Å². The molecule has 0 aliphatic heterocycles. The summed E-state index contributed by atoms with van der Waals surface area (Å²) in [4.78, 5) is 12.1. The average molecular weight is 296 g/mol. The molecule has 0 heterocycles. The molecule has 0 spiro atoms. The third kappa shape index (κ3) is 4.24. The summed E-state index contributed by atoms with van der Waals surface area (Å²) in [5.41, 5.74) is 2.88. The molecule has 0 aliphatic rings. The molecule has 6 nitrogen and oxygen atoms in total. The Morgan fingerprint density at radius 2 is 1.36 bits per heavy atom. The molecule has 0 saturated carbocycles. The normalized spacial score (nSPS) is 11.2. The Morgan fingerprint density at radius 1 is 0.909 bits per heavy atom. The Labute approximate surface area is 128 Å². The third-order valence-electron chi connectivity index (χ3n) is 2.99. The maximum absolute atomic E-state index is 10.5. The predicted molar refractivity (Wildman–Crippen MR) is 89.1 cm³/mol. The van der Waals surface area contributed by atoms with Crippen molar-refractivity contribution in [3.63, 3.8) is 0 Å². The van der Waals surface area contributed by atoms with Gasteiger partial charge in [-0.25, -0.2) is 0 Å². The van der Waals surface area contributed by atoms with Gasteiger partial charge in [-0.05, 0) is 35.4 Å². The van der Waals surface area contributed by atoms with Crippen LogP contribution in [0.3, 0.4) is 0 Å². The van der Waals surface area contributed by atoms with E-state index in [0.29, 0.717) is 0 Å². The van der Waals surface area contributed by atoms with E-state index in [2.05, 4.69) is 10.2 Å². The average Bonchev–Trinajstić information content (AvgIpc) is 2.52. The maximum Gasteiger partial charge on any atom is 0.269 e. The van der Waals surface area contributed by atoms with Crippen molar-refractivity contribution < 1.29 is 4.92 Å². The Balaban J connectivity index is 1.97. The van der Waals surface area contributed by atoms with Crippen molar-refractivity contribution in [2.24, 2.45) is 10.2 Å². The van der Waals surface area contributed by atoms with Gasteiger partial charge in [-0.2, -0.15) is 10.2 Å². The van der Waals surface area contributed by atoms with Crippen LogP contribution in [0, 0.1) is 10.1 Å². The minimum absolute atomic E-state index is 0.0571. The molecule has 0 N–H and O–H groups in total. The summed E-state index contributed by atoms with van der Waals surface area (Å²) in [6, 6.07) is 14.0. The van der Waals surface area contributed by atoms with E-state index in [1.165, 1.54) is 12.1 Å². The first-order valence-corrected chi connectivity index (χ1v) is 6.64. The molecule has 0 aromatic heterocycles. The number of hydrogen-bond acceptors (Lipinski definition) is 5.